The number of furan rings is 1. The highest BCUT2D eigenvalue weighted by Crippen LogP contribution is 2.37. The molecule has 0 unspecified atom stereocenters. The minimum absolute atomic E-state index is 0.122. The highest BCUT2D eigenvalue weighted by atomic mass is 32.1. The van der Waals surface area contributed by atoms with Crippen LogP contribution in [0.25, 0.3) is 11.5 Å². The second-order valence-electron chi connectivity index (χ2n) is 7.96. The predicted octanol–water partition coefficient (Wildman–Crippen LogP) is 5.17. The van der Waals surface area contributed by atoms with Crippen LogP contribution in [0.5, 0.6) is 0 Å². The lowest BCUT2D eigenvalue weighted by molar-refractivity contribution is -0.384. The fraction of sp³-hybridized carbons (Fsp3) is 0.364. The monoisotopic (exact) mass is 494 g/mol. The molecule has 3 heterocycles. The van der Waals surface area contributed by atoms with E-state index >= 15 is 0 Å². The molecule has 0 aliphatic carbocycles. The smallest absolute Gasteiger partial charge is 0.416 e. The van der Waals surface area contributed by atoms with Crippen LogP contribution in [-0.2, 0) is 17.5 Å². The summed E-state index contributed by atoms with van der Waals surface area (Å²) in [7, 11) is 0. The van der Waals surface area contributed by atoms with Crippen molar-refractivity contribution in [2.45, 2.75) is 32.5 Å². The topological polar surface area (TPSA) is 102 Å². The van der Waals surface area contributed by atoms with E-state index in [1.807, 2.05) is 12.3 Å². The van der Waals surface area contributed by atoms with Crippen molar-refractivity contribution in [1.29, 1.82) is 0 Å². The van der Waals surface area contributed by atoms with Crippen molar-refractivity contribution < 1.29 is 27.3 Å². The number of carbonyl (C=O) groups excluding carboxylic acids is 1. The van der Waals surface area contributed by atoms with Gasteiger partial charge in [-0.25, -0.2) is 4.98 Å². The maximum absolute atomic E-state index is 12.9. The first kappa shape index (κ1) is 23.7. The number of thiazole rings is 1. The molecule has 1 fully saturated rings. The number of hydrogen-bond acceptors (Lipinski definition) is 7. The van der Waals surface area contributed by atoms with Crippen molar-refractivity contribution >= 4 is 28.6 Å². The molecule has 3 aromatic rings. The molecule has 1 saturated heterocycles. The SMILES string of the molecule is Cc1nc(-c2ccc(CNC(=O)C3CCN(c4ccc(C(F)(F)F)cc4[N+](=O)[O-])CC3)o2)cs1. The molecule has 1 aliphatic heterocycles. The van der Waals surface area contributed by atoms with Gasteiger partial charge in [-0.2, -0.15) is 13.2 Å². The van der Waals surface area contributed by atoms with Crippen molar-refractivity contribution in [3.63, 3.8) is 0 Å². The maximum Gasteiger partial charge on any atom is 0.416 e. The number of nitro groups is 1. The fourth-order valence-corrected chi connectivity index (χ4v) is 4.50. The summed E-state index contributed by atoms with van der Waals surface area (Å²) in [6.45, 7) is 2.75. The normalized spacial score (nSPS) is 14.9. The number of hydrogen-bond donors (Lipinski definition) is 1. The minimum Gasteiger partial charge on any atom is -0.458 e. The molecule has 8 nitrogen and oxygen atoms in total. The first-order valence-corrected chi connectivity index (χ1v) is 11.4. The van der Waals surface area contributed by atoms with Crippen molar-refractivity contribution in [1.82, 2.24) is 10.3 Å². The van der Waals surface area contributed by atoms with E-state index in [2.05, 4.69) is 10.3 Å². The Morgan fingerprint density at radius 1 is 1.29 bits per heavy atom. The van der Waals surface area contributed by atoms with Gasteiger partial charge < -0.3 is 14.6 Å². The Bertz CT molecular complexity index is 1200. The second-order valence-corrected chi connectivity index (χ2v) is 9.02. The van der Waals surface area contributed by atoms with E-state index in [1.165, 1.54) is 11.3 Å². The van der Waals surface area contributed by atoms with Crippen LogP contribution in [0.2, 0.25) is 0 Å². The largest absolute Gasteiger partial charge is 0.458 e. The number of rotatable bonds is 6. The molecule has 4 rings (SSSR count). The lowest BCUT2D eigenvalue weighted by Crippen LogP contribution is -2.40. The molecule has 34 heavy (non-hydrogen) atoms. The van der Waals surface area contributed by atoms with Gasteiger partial charge in [0.25, 0.3) is 5.69 Å². The van der Waals surface area contributed by atoms with Gasteiger partial charge in [0.2, 0.25) is 5.91 Å². The number of nitro benzene ring substituents is 1. The summed E-state index contributed by atoms with van der Waals surface area (Å²) in [6.07, 6.45) is -3.82. The van der Waals surface area contributed by atoms with E-state index < -0.39 is 22.4 Å². The number of alkyl halides is 3. The first-order chi connectivity index (χ1) is 16.1. The number of halogens is 3. The van der Waals surface area contributed by atoms with E-state index in [9.17, 15) is 28.1 Å². The van der Waals surface area contributed by atoms with Gasteiger partial charge >= 0.3 is 6.18 Å². The Kier molecular flexibility index (Phi) is 6.60. The lowest BCUT2D eigenvalue weighted by atomic mass is 9.95. The molecule has 12 heteroatoms. The highest BCUT2D eigenvalue weighted by Gasteiger charge is 2.35. The van der Waals surface area contributed by atoms with Crippen LogP contribution >= 0.6 is 11.3 Å². The average molecular weight is 494 g/mol. The number of aryl methyl sites for hydroxylation is 1. The number of nitrogens with zero attached hydrogens (tertiary/aromatic N) is 3. The Balaban J connectivity index is 1.34. The zero-order chi connectivity index (χ0) is 24.5. The van der Waals surface area contributed by atoms with Crippen molar-refractivity contribution in [3.05, 3.63) is 62.2 Å². The van der Waals surface area contributed by atoms with Gasteiger partial charge in [-0.05, 0) is 44.0 Å². The quantitative estimate of drug-likeness (QED) is 0.375. The van der Waals surface area contributed by atoms with Crippen molar-refractivity contribution in [3.8, 4) is 11.5 Å². The summed E-state index contributed by atoms with van der Waals surface area (Å²) in [5, 5.41) is 17.0. The molecule has 1 N–H and O–H groups in total. The van der Waals surface area contributed by atoms with E-state index in [1.54, 1.807) is 17.0 Å². The summed E-state index contributed by atoms with van der Waals surface area (Å²) < 4.78 is 44.6. The lowest BCUT2D eigenvalue weighted by Gasteiger charge is -2.32. The van der Waals surface area contributed by atoms with Crippen LogP contribution in [-0.4, -0.2) is 28.9 Å². The summed E-state index contributed by atoms with van der Waals surface area (Å²) >= 11 is 1.52. The van der Waals surface area contributed by atoms with Crippen LogP contribution in [0.4, 0.5) is 24.5 Å². The first-order valence-electron chi connectivity index (χ1n) is 10.5. The van der Waals surface area contributed by atoms with Gasteiger partial charge in [0.15, 0.2) is 5.76 Å². The number of aromatic nitrogens is 1. The Morgan fingerprint density at radius 2 is 2.03 bits per heavy atom. The molecule has 2 aromatic heterocycles. The molecule has 0 atom stereocenters. The maximum atomic E-state index is 12.9. The molecule has 0 saturated carbocycles. The number of benzene rings is 1. The predicted molar refractivity (Wildman–Crippen MR) is 119 cm³/mol. The Labute approximate surface area is 196 Å². The van der Waals surface area contributed by atoms with Crippen LogP contribution in [0.15, 0.2) is 40.1 Å². The van der Waals surface area contributed by atoms with Crippen molar-refractivity contribution in [2.75, 3.05) is 18.0 Å². The third-order valence-corrected chi connectivity index (χ3v) is 6.45. The number of nitrogens with one attached hydrogen (secondary N) is 1. The molecule has 0 spiro atoms. The standard InChI is InChI=1S/C22H21F3N4O4S/c1-13-27-17(12-34-13)20-5-3-16(33-20)11-26-21(30)14-6-8-28(9-7-14)18-4-2-15(22(23,24)25)10-19(18)29(31)32/h2-5,10,12,14H,6-9,11H2,1H3,(H,26,30). The Hall–Kier alpha value is -3.41. The van der Waals surface area contributed by atoms with Gasteiger partial charge in [0, 0.05) is 30.5 Å². The summed E-state index contributed by atoms with van der Waals surface area (Å²) in [5.74, 6) is 0.747. The second kappa shape index (κ2) is 9.45. The fourth-order valence-electron chi connectivity index (χ4n) is 3.90. The van der Waals surface area contributed by atoms with E-state index in [0.717, 1.165) is 22.8 Å². The number of piperidine rings is 1. The average Bonchev–Trinajstić information content (AvgIpc) is 3.45. The van der Waals surface area contributed by atoms with Crippen LogP contribution < -0.4 is 10.2 Å². The van der Waals surface area contributed by atoms with Gasteiger partial charge in [-0.1, -0.05) is 0 Å². The van der Waals surface area contributed by atoms with E-state index in [4.69, 9.17) is 4.42 Å². The molecule has 1 aromatic carbocycles. The van der Waals surface area contributed by atoms with Crippen LogP contribution in [0.1, 0.15) is 29.2 Å². The van der Waals surface area contributed by atoms with Gasteiger partial charge in [-0.15, -0.1) is 11.3 Å². The number of amides is 1. The molecule has 1 amide bonds. The number of anilines is 1. The van der Waals surface area contributed by atoms with Gasteiger partial charge in [0.05, 0.1) is 22.0 Å². The molecule has 180 valence electrons. The minimum atomic E-state index is -4.66. The summed E-state index contributed by atoms with van der Waals surface area (Å²) in [5.41, 5.74) is -0.799. The molecule has 0 radical (unpaired) electrons. The summed E-state index contributed by atoms with van der Waals surface area (Å²) in [6, 6.07) is 6.09. The number of carbonyl (C=O) groups is 1. The molecular formula is C22H21F3N4O4S. The Morgan fingerprint density at radius 3 is 2.65 bits per heavy atom. The third kappa shape index (κ3) is 5.22. The molecular weight excluding hydrogens is 473 g/mol. The third-order valence-electron chi connectivity index (χ3n) is 5.68. The zero-order valence-corrected chi connectivity index (χ0v) is 18.9. The molecule has 0 bridgehead atoms. The van der Waals surface area contributed by atoms with Gasteiger partial charge in [0.1, 0.15) is 17.1 Å². The van der Waals surface area contributed by atoms with E-state index in [0.29, 0.717) is 43.5 Å². The van der Waals surface area contributed by atoms with Crippen molar-refractivity contribution in [2.24, 2.45) is 5.92 Å². The van der Waals surface area contributed by atoms with E-state index in [-0.39, 0.29) is 24.1 Å². The molecule has 1 aliphatic rings. The van der Waals surface area contributed by atoms with Crippen LogP contribution in [0, 0.1) is 23.0 Å². The van der Waals surface area contributed by atoms with Gasteiger partial charge in [-0.3, -0.25) is 14.9 Å². The van der Waals surface area contributed by atoms with Crippen LogP contribution in [0.3, 0.4) is 0 Å². The zero-order valence-electron chi connectivity index (χ0n) is 18.1. The summed E-state index contributed by atoms with van der Waals surface area (Å²) in [4.78, 5) is 29.2. The highest BCUT2D eigenvalue weighted by molar-refractivity contribution is 7.09.